The molecule has 0 unspecified atom stereocenters. The minimum absolute atomic E-state index is 0.0271. The predicted molar refractivity (Wildman–Crippen MR) is 262 cm³/mol. The Bertz CT molecular complexity index is 3610. The molecule has 5 aromatic carbocycles. The van der Waals surface area contributed by atoms with Gasteiger partial charge in [-0.3, -0.25) is 4.79 Å². The molecule has 2 aliphatic heterocycles. The Labute approximate surface area is 391 Å². The molecule has 0 saturated heterocycles. The van der Waals surface area contributed by atoms with E-state index in [1.54, 1.807) is 60.7 Å². The lowest BCUT2D eigenvalue weighted by Gasteiger charge is -2.09. The van der Waals surface area contributed by atoms with Crippen LogP contribution in [-0.4, -0.2) is 69.3 Å². The number of carbonyl (C=O) groups is 4. The number of H-pyrrole nitrogens is 2. The van der Waals surface area contributed by atoms with Crippen molar-refractivity contribution in [2.75, 3.05) is 0 Å². The Morgan fingerprint density at radius 2 is 0.739 bits per heavy atom. The third-order valence-electron chi connectivity index (χ3n) is 12.0. The van der Waals surface area contributed by atoms with Gasteiger partial charge in [-0.2, -0.15) is 0 Å². The highest BCUT2D eigenvalue weighted by atomic mass is 16.4. The normalized spacial score (nSPS) is 11.7. The molecular formula is C55H37N5O9. The number of amides is 1. The summed E-state index contributed by atoms with van der Waals surface area (Å²) in [6.45, 7) is -0.0271. The predicted octanol–water partition coefficient (Wildman–Crippen LogP) is 10.8. The van der Waals surface area contributed by atoms with Crippen molar-refractivity contribution in [3.05, 3.63) is 190 Å². The van der Waals surface area contributed by atoms with Gasteiger partial charge in [-0.05, 0) is 138 Å². The molecule has 69 heavy (non-hydrogen) atoms. The molecule has 0 atom stereocenters. The van der Waals surface area contributed by atoms with E-state index in [0.717, 1.165) is 0 Å². The smallest absolute Gasteiger partial charge is 0.335 e. The van der Waals surface area contributed by atoms with Gasteiger partial charge in [0, 0.05) is 62.0 Å². The van der Waals surface area contributed by atoms with Crippen LogP contribution in [0.25, 0.3) is 90.9 Å². The molecule has 14 heteroatoms. The van der Waals surface area contributed by atoms with Crippen molar-refractivity contribution in [1.82, 2.24) is 25.3 Å². The van der Waals surface area contributed by atoms with Gasteiger partial charge in [0.15, 0.2) is 0 Å². The number of aromatic carboxylic acids is 3. The molecule has 10 rings (SSSR count). The Kier molecular flexibility index (Phi) is 10.9. The van der Waals surface area contributed by atoms with E-state index in [-0.39, 0.29) is 34.7 Å². The highest BCUT2D eigenvalue weighted by Gasteiger charge is 2.20. The molecular weight excluding hydrogens is 875 g/mol. The van der Waals surface area contributed by atoms with Crippen molar-refractivity contribution >= 4 is 70.2 Å². The summed E-state index contributed by atoms with van der Waals surface area (Å²) in [7, 11) is 0. The first-order valence-corrected chi connectivity index (χ1v) is 21.5. The van der Waals surface area contributed by atoms with Crippen LogP contribution in [0.5, 0.6) is 11.5 Å². The summed E-state index contributed by atoms with van der Waals surface area (Å²) >= 11 is 0. The van der Waals surface area contributed by atoms with Gasteiger partial charge in [0.2, 0.25) is 0 Å². The Balaban J connectivity index is 1.24. The Hall–Kier alpha value is -9.82. The second kappa shape index (κ2) is 17.5. The number of hydrogen-bond donors (Lipinski definition) is 8. The van der Waals surface area contributed by atoms with Crippen LogP contribution in [0.4, 0.5) is 0 Å². The number of nitrogens with one attached hydrogen (secondary N) is 3. The molecule has 5 heterocycles. The van der Waals surface area contributed by atoms with E-state index >= 15 is 0 Å². The van der Waals surface area contributed by atoms with Gasteiger partial charge in [0.25, 0.3) is 5.91 Å². The summed E-state index contributed by atoms with van der Waals surface area (Å²) in [6, 6.07) is 38.1. The fraction of sp³-hybridized carbons (Fsp3) is 0.0182. The standard InChI is InChI=1S/C55H37N5O9/c61-38-17-26-47(62)37(27-38)28-56-52(63)33-9-1-29(2-10-33)48-39-18-20-41(57-39)49(30-3-11-34(12-4-30)53(64)65)43-22-24-45(59-43)51(32-7-15-36(16-8-32)55(68)69)46-25-23-44(60-46)50(42-21-19-40(48)58-42)31-5-13-35(14-6-31)54(66)67/h1-27,57,60-62H,28H2,(H,56,63)(H,64,65)(H,66,67)(H,68,69). The zero-order valence-electron chi connectivity index (χ0n) is 36.1. The monoisotopic (exact) mass is 911 g/mol. The van der Waals surface area contributed by atoms with Gasteiger partial charge in [-0.15, -0.1) is 0 Å². The quantitative estimate of drug-likeness (QED) is 0.0600. The van der Waals surface area contributed by atoms with Gasteiger partial charge in [0.1, 0.15) is 11.5 Å². The maximum absolute atomic E-state index is 13.4. The van der Waals surface area contributed by atoms with Crippen LogP contribution in [0, 0.1) is 0 Å². The maximum Gasteiger partial charge on any atom is 0.335 e. The summed E-state index contributed by atoms with van der Waals surface area (Å²) in [4.78, 5) is 66.8. The number of fused-ring (bicyclic) bond motifs is 8. The molecule has 2 aliphatic rings. The number of nitrogens with zero attached hydrogens (tertiary/aromatic N) is 2. The molecule has 336 valence electrons. The number of aromatic amines is 2. The topological polar surface area (TPSA) is 239 Å². The molecule has 0 spiro atoms. The Morgan fingerprint density at radius 3 is 1.06 bits per heavy atom. The van der Waals surface area contributed by atoms with E-state index in [0.29, 0.717) is 100 Å². The summed E-state index contributed by atoms with van der Waals surface area (Å²) in [5.74, 6) is -3.74. The van der Waals surface area contributed by atoms with Crippen molar-refractivity contribution in [2.24, 2.45) is 0 Å². The van der Waals surface area contributed by atoms with Crippen LogP contribution in [-0.2, 0) is 6.54 Å². The van der Waals surface area contributed by atoms with E-state index in [1.807, 2.05) is 48.6 Å². The number of carboxylic acids is 3. The maximum atomic E-state index is 13.4. The minimum Gasteiger partial charge on any atom is -0.508 e. The lowest BCUT2D eigenvalue weighted by Crippen LogP contribution is -2.22. The zero-order valence-corrected chi connectivity index (χ0v) is 36.1. The summed E-state index contributed by atoms with van der Waals surface area (Å²) < 4.78 is 0. The number of aromatic hydroxyl groups is 2. The number of carboxylic acid groups (broad SMARTS) is 3. The third kappa shape index (κ3) is 8.36. The van der Waals surface area contributed by atoms with Crippen molar-refractivity contribution in [1.29, 1.82) is 0 Å². The number of phenolic OH excluding ortho intramolecular Hbond substituents is 2. The van der Waals surface area contributed by atoms with Gasteiger partial charge in [-0.25, -0.2) is 24.4 Å². The van der Waals surface area contributed by atoms with Crippen molar-refractivity contribution in [2.45, 2.75) is 6.54 Å². The average molecular weight is 912 g/mol. The number of phenols is 2. The summed E-state index contributed by atoms with van der Waals surface area (Å²) in [6.07, 6.45) is 7.48. The van der Waals surface area contributed by atoms with E-state index in [2.05, 4.69) is 15.3 Å². The fourth-order valence-electron chi connectivity index (χ4n) is 8.54. The highest BCUT2D eigenvalue weighted by Crippen LogP contribution is 2.39. The highest BCUT2D eigenvalue weighted by molar-refractivity contribution is 6.01. The van der Waals surface area contributed by atoms with E-state index in [4.69, 9.17) is 9.97 Å². The van der Waals surface area contributed by atoms with Crippen molar-refractivity contribution < 1.29 is 44.7 Å². The largest absolute Gasteiger partial charge is 0.508 e. The lowest BCUT2D eigenvalue weighted by atomic mass is 10.0. The summed E-state index contributed by atoms with van der Waals surface area (Å²) in [5.41, 5.74) is 11.1. The van der Waals surface area contributed by atoms with E-state index in [1.165, 1.54) is 54.6 Å². The number of hydrogen-bond acceptors (Lipinski definition) is 8. The van der Waals surface area contributed by atoms with Gasteiger partial charge in [0.05, 0.1) is 39.5 Å². The van der Waals surface area contributed by atoms with Crippen LogP contribution in [0.3, 0.4) is 0 Å². The molecule has 8 bridgehead atoms. The van der Waals surface area contributed by atoms with Crippen molar-refractivity contribution in [3.8, 4) is 56.0 Å². The van der Waals surface area contributed by atoms with Gasteiger partial charge in [-0.1, -0.05) is 48.5 Å². The first-order valence-electron chi connectivity index (χ1n) is 21.5. The molecule has 3 aromatic heterocycles. The number of aromatic nitrogens is 4. The molecule has 0 aliphatic carbocycles. The minimum atomic E-state index is -1.07. The van der Waals surface area contributed by atoms with Crippen LogP contribution in [0.15, 0.2) is 140 Å². The first kappa shape index (κ1) is 43.1. The fourth-order valence-corrected chi connectivity index (χ4v) is 8.54. The van der Waals surface area contributed by atoms with E-state index < -0.39 is 23.8 Å². The molecule has 0 saturated carbocycles. The summed E-state index contributed by atoms with van der Waals surface area (Å²) in [5, 5.41) is 52.2. The molecule has 8 aromatic rings. The molecule has 0 fully saturated rings. The van der Waals surface area contributed by atoms with Crippen LogP contribution < -0.4 is 5.32 Å². The van der Waals surface area contributed by atoms with Crippen LogP contribution >= 0.6 is 0 Å². The van der Waals surface area contributed by atoms with Crippen molar-refractivity contribution in [3.63, 3.8) is 0 Å². The molecule has 8 N–H and O–H groups in total. The molecule has 0 radical (unpaired) electrons. The van der Waals surface area contributed by atoms with Crippen LogP contribution in [0.2, 0.25) is 0 Å². The second-order valence-electron chi connectivity index (χ2n) is 16.2. The van der Waals surface area contributed by atoms with E-state index in [9.17, 15) is 44.7 Å². The second-order valence-corrected chi connectivity index (χ2v) is 16.2. The van der Waals surface area contributed by atoms with Crippen LogP contribution in [0.1, 0.15) is 69.8 Å². The SMILES string of the molecule is O=C(O)c1ccc(-c2c3nc(c(-c4ccc(C(=O)O)cc4)c4ccc([nH]4)c(-c4ccc(C(=O)NCc5cc(O)ccc5O)cc4)c4nc(c(-c5ccc(C(=O)O)cc5)c5ccc2[nH]5)C=C4)C=C3)cc1. The lowest BCUT2D eigenvalue weighted by molar-refractivity contribution is 0.0686. The molecule has 14 nitrogen and oxygen atoms in total. The number of benzene rings is 5. The zero-order chi connectivity index (χ0) is 47.9. The number of rotatable bonds is 10. The average Bonchev–Trinajstić information content (AvgIpc) is 4.21. The number of carbonyl (C=O) groups excluding carboxylic acids is 1. The Morgan fingerprint density at radius 1 is 0.420 bits per heavy atom. The third-order valence-corrected chi connectivity index (χ3v) is 12.0. The van der Waals surface area contributed by atoms with Gasteiger partial charge >= 0.3 is 17.9 Å². The van der Waals surface area contributed by atoms with Gasteiger partial charge < -0.3 is 40.8 Å². The first-order chi connectivity index (χ1) is 33.4. The molecule has 1 amide bonds.